The highest BCUT2D eigenvalue weighted by Crippen LogP contribution is 2.38. The summed E-state index contributed by atoms with van der Waals surface area (Å²) in [5.74, 6) is 1.45. The second kappa shape index (κ2) is 11.5. The van der Waals surface area contributed by atoms with E-state index in [1.807, 2.05) is 47.1 Å². The van der Waals surface area contributed by atoms with Crippen molar-refractivity contribution in [3.05, 3.63) is 58.6 Å². The number of benzene rings is 2. The minimum atomic E-state index is -0.342. The van der Waals surface area contributed by atoms with Crippen LogP contribution < -0.4 is 9.47 Å². The minimum Gasteiger partial charge on any atom is -0.496 e. The number of methoxy groups -OCH3 is 1. The number of ether oxygens (including phenoxy) is 2. The molecule has 2 aliphatic heterocycles. The lowest BCUT2D eigenvalue weighted by Gasteiger charge is -2.43. The van der Waals surface area contributed by atoms with Gasteiger partial charge in [-0.3, -0.25) is 9.59 Å². The number of nitrogens with zero attached hydrogens (tertiary/aromatic N) is 3. The number of likely N-dealkylation sites (N-methyl/N-ethyl adjacent to an activating group) is 1. The molecule has 0 saturated carbocycles. The van der Waals surface area contributed by atoms with Gasteiger partial charge in [0.05, 0.1) is 19.3 Å². The van der Waals surface area contributed by atoms with Crippen molar-refractivity contribution < 1.29 is 19.1 Å². The molecule has 8 heteroatoms. The van der Waals surface area contributed by atoms with E-state index in [2.05, 4.69) is 11.9 Å². The zero-order chi connectivity index (χ0) is 25.7. The second-order valence-corrected chi connectivity index (χ2v) is 10.5. The standard InChI is InChI=1S/C28H36ClN3O4/c1-21-18-22(8-9-24(21)29)36-20-28(19-26(33)31-16-14-30(2)15-17-31)10-12-32(13-11-28)27(34)23-6-4-5-7-25(23)35-3/h4-9,18H,10-17,19-20H2,1-3H3. The van der Waals surface area contributed by atoms with Crippen molar-refractivity contribution in [3.8, 4) is 11.5 Å². The molecule has 0 N–H and O–H groups in total. The summed E-state index contributed by atoms with van der Waals surface area (Å²) in [7, 11) is 3.66. The van der Waals surface area contributed by atoms with Crippen molar-refractivity contribution >= 4 is 23.4 Å². The van der Waals surface area contributed by atoms with Gasteiger partial charge in [-0.25, -0.2) is 0 Å². The molecule has 36 heavy (non-hydrogen) atoms. The average molecular weight is 514 g/mol. The van der Waals surface area contributed by atoms with E-state index in [4.69, 9.17) is 21.1 Å². The molecule has 2 aromatic carbocycles. The fourth-order valence-electron chi connectivity index (χ4n) is 4.98. The normalized spacial score (nSPS) is 18.1. The predicted molar refractivity (Wildman–Crippen MR) is 141 cm³/mol. The maximum Gasteiger partial charge on any atom is 0.257 e. The zero-order valence-corrected chi connectivity index (χ0v) is 22.2. The number of piperazine rings is 1. The number of para-hydroxylation sites is 1. The molecule has 2 saturated heterocycles. The summed E-state index contributed by atoms with van der Waals surface area (Å²) in [6.45, 7) is 6.78. The fraction of sp³-hybridized carbons (Fsp3) is 0.500. The van der Waals surface area contributed by atoms with Gasteiger partial charge in [-0.1, -0.05) is 23.7 Å². The first-order valence-corrected chi connectivity index (χ1v) is 13.0. The van der Waals surface area contributed by atoms with Gasteiger partial charge in [0.15, 0.2) is 0 Å². The van der Waals surface area contributed by atoms with Gasteiger partial charge in [-0.15, -0.1) is 0 Å². The van der Waals surface area contributed by atoms with Gasteiger partial charge in [-0.2, -0.15) is 0 Å². The van der Waals surface area contributed by atoms with Gasteiger partial charge >= 0.3 is 0 Å². The number of rotatable bonds is 7. The van der Waals surface area contributed by atoms with Crippen LogP contribution in [-0.4, -0.2) is 86.5 Å². The van der Waals surface area contributed by atoms with Crippen LogP contribution in [0.2, 0.25) is 5.02 Å². The Morgan fingerprint density at radius 2 is 1.67 bits per heavy atom. The van der Waals surface area contributed by atoms with Crippen LogP contribution in [-0.2, 0) is 4.79 Å². The summed E-state index contributed by atoms with van der Waals surface area (Å²) in [5, 5.41) is 0.700. The lowest BCUT2D eigenvalue weighted by atomic mass is 9.75. The Labute approximate surface area is 218 Å². The highest BCUT2D eigenvalue weighted by atomic mass is 35.5. The highest BCUT2D eigenvalue weighted by Gasteiger charge is 2.40. The van der Waals surface area contributed by atoms with Crippen LogP contribution in [0, 0.1) is 12.3 Å². The molecule has 4 rings (SSSR count). The molecule has 7 nitrogen and oxygen atoms in total. The first-order chi connectivity index (χ1) is 17.3. The van der Waals surface area contributed by atoms with Crippen molar-refractivity contribution in [3.63, 3.8) is 0 Å². The summed E-state index contributed by atoms with van der Waals surface area (Å²) in [5.41, 5.74) is 1.17. The first-order valence-electron chi connectivity index (χ1n) is 12.6. The molecular weight excluding hydrogens is 478 g/mol. The Bertz CT molecular complexity index is 1080. The summed E-state index contributed by atoms with van der Waals surface area (Å²) < 4.78 is 11.6. The Morgan fingerprint density at radius 1 is 0.972 bits per heavy atom. The average Bonchev–Trinajstić information content (AvgIpc) is 2.90. The number of hydrogen-bond acceptors (Lipinski definition) is 5. The molecule has 0 aliphatic carbocycles. The molecule has 2 aromatic rings. The quantitative estimate of drug-likeness (QED) is 0.557. The van der Waals surface area contributed by atoms with Crippen LogP contribution in [0.5, 0.6) is 11.5 Å². The van der Waals surface area contributed by atoms with Crippen molar-refractivity contribution in [2.24, 2.45) is 5.41 Å². The SMILES string of the molecule is COc1ccccc1C(=O)N1CCC(COc2ccc(Cl)c(C)c2)(CC(=O)N2CCN(C)CC2)CC1. The van der Waals surface area contributed by atoms with E-state index in [0.29, 0.717) is 55.3 Å². The van der Waals surface area contributed by atoms with Crippen molar-refractivity contribution in [2.75, 3.05) is 60.0 Å². The smallest absolute Gasteiger partial charge is 0.257 e. The van der Waals surface area contributed by atoms with Crippen LogP contribution in [0.25, 0.3) is 0 Å². The minimum absolute atomic E-state index is 0.0410. The molecule has 0 radical (unpaired) electrons. The van der Waals surface area contributed by atoms with Gasteiger partial charge in [0.25, 0.3) is 5.91 Å². The van der Waals surface area contributed by atoms with Gasteiger partial charge < -0.3 is 24.2 Å². The topological polar surface area (TPSA) is 62.3 Å². The van der Waals surface area contributed by atoms with Crippen molar-refractivity contribution in [1.82, 2.24) is 14.7 Å². The molecule has 2 heterocycles. The summed E-state index contributed by atoms with van der Waals surface area (Å²) >= 11 is 6.18. The van der Waals surface area contributed by atoms with E-state index in [-0.39, 0.29) is 17.2 Å². The number of hydrogen-bond donors (Lipinski definition) is 0. The molecule has 0 bridgehead atoms. The lowest BCUT2D eigenvalue weighted by Crippen LogP contribution is -2.51. The van der Waals surface area contributed by atoms with Gasteiger partial charge in [0.2, 0.25) is 5.91 Å². The Morgan fingerprint density at radius 3 is 2.33 bits per heavy atom. The summed E-state index contributed by atoms with van der Waals surface area (Å²) in [4.78, 5) is 32.7. The number of halogens is 1. The number of piperidine rings is 1. The molecular formula is C28H36ClN3O4. The van der Waals surface area contributed by atoms with Crippen LogP contribution in [0.4, 0.5) is 0 Å². The van der Waals surface area contributed by atoms with Crippen LogP contribution >= 0.6 is 11.6 Å². The molecule has 0 unspecified atom stereocenters. The Kier molecular flexibility index (Phi) is 8.42. The Balaban J connectivity index is 1.47. The monoisotopic (exact) mass is 513 g/mol. The van der Waals surface area contributed by atoms with E-state index < -0.39 is 0 Å². The van der Waals surface area contributed by atoms with E-state index in [1.165, 1.54) is 0 Å². The first kappa shape index (κ1) is 26.3. The fourth-order valence-corrected chi connectivity index (χ4v) is 5.10. The van der Waals surface area contributed by atoms with Crippen LogP contribution in [0.3, 0.4) is 0 Å². The van der Waals surface area contributed by atoms with Crippen molar-refractivity contribution in [1.29, 1.82) is 0 Å². The Hall–Kier alpha value is -2.77. The third kappa shape index (κ3) is 6.13. The molecule has 2 aliphatic rings. The molecule has 0 aromatic heterocycles. The summed E-state index contributed by atoms with van der Waals surface area (Å²) in [6.07, 6.45) is 1.81. The van der Waals surface area contributed by atoms with Gasteiger partial charge in [0.1, 0.15) is 11.5 Å². The van der Waals surface area contributed by atoms with E-state index in [9.17, 15) is 9.59 Å². The van der Waals surface area contributed by atoms with E-state index in [0.717, 1.165) is 37.5 Å². The van der Waals surface area contributed by atoms with Gasteiger partial charge in [-0.05, 0) is 62.7 Å². The number of carbonyl (C=O) groups is 2. The van der Waals surface area contributed by atoms with Crippen molar-refractivity contribution in [2.45, 2.75) is 26.2 Å². The number of aryl methyl sites for hydroxylation is 1. The van der Waals surface area contributed by atoms with E-state index >= 15 is 0 Å². The zero-order valence-electron chi connectivity index (χ0n) is 21.5. The third-order valence-corrected chi connectivity index (χ3v) is 7.93. The number of carbonyl (C=O) groups excluding carboxylic acids is 2. The number of amides is 2. The van der Waals surface area contributed by atoms with E-state index in [1.54, 1.807) is 19.2 Å². The molecule has 2 amide bonds. The molecule has 0 spiro atoms. The van der Waals surface area contributed by atoms with Crippen LogP contribution in [0.15, 0.2) is 42.5 Å². The maximum atomic E-state index is 13.3. The molecule has 2 fully saturated rings. The maximum absolute atomic E-state index is 13.3. The highest BCUT2D eigenvalue weighted by molar-refractivity contribution is 6.31. The second-order valence-electron chi connectivity index (χ2n) is 10.1. The third-order valence-electron chi connectivity index (χ3n) is 7.51. The summed E-state index contributed by atoms with van der Waals surface area (Å²) in [6, 6.07) is 12.9. The largest absolute Gasteiger partial charge is 0.496 e. The van der Waals surface area contributed by atoms with Crippen LogP contribution in [0.1, 0.15) is 35.2 Å². The predicted octanol–water partition coefficient (Wildman–Crippen LogP) is 4.12. The van der Waals surface area contributed by atoms with Gasteiger partial charge in [0, 0.05) is 56.1 Å². The molecule has 194 valence electrons. The molecule has 0 atom stereocenters. The number of likely N-dealkylation sites (tertiary alicyclic amines) is 1. The lowest BCUT2D eigenvalue weighted by molar-refractivity contribution is -0.136.